The minimum Gasteiger partial charge on any atom is -0.384 e. The summed E-state index contributed by atoms with van der Waals surface area (Å²) in [5, 5.41) is 9.99. The Kier molecular flexibility index (Phi) is 3.54. The van der Waals surface area contributed by atoms with Gasteiger partial charge < -0.3 is 5.11 Å². The topological polar surface area (TPSA) is 20.2 Å². The Labute approximate surface area is 106 Å². The van der Waals surface area contributed by atoms with Gasteiger partial charge >= 0.3 is 0 Å². The zero-order valence-corrected chi connectivity index (χ0v) is 10.3. The minimum atomic E-state index is -0.960. The molecular weight excluding hydrogens is 290 g/mol. The Morgan fingerprint density at radius 2 is 1.47 bits per heavy atom. The van der Waals surface area contributed by atoms with Crippen molar-refractivity contribution in [3.63, 3.8) is 0 Å². The van der Waals surface area contributed by atoms with E-state index < -0.39 is 17.7 Å². The van der Waals surface area contributed by atoms with E-state index in [2.05, 4.69) is 15.9 Å². The average molecular weight is 299 g/mol. The van der Waals surface area contributed by atoms with Gasteiger partial charge in [0.25, 0.3) is 0 Å². The Hall–Kier alpha value is -1.26. The van der Waals surface area contributed by atoms with Gasteiger partial charge in [0.1, 0.15) is 6.10 Å². The molecule has 0 bridgehead atoms. The van der Waals surface area contributed by atoms with Crippen LogP contribution in [-0.2, 0) is 0 Å². The molecule has 4 heteroatoms. The van der Waals surface area contributed by atoms with Crippen LogP contribution in [0.3, 0.4) is 0 Å². The predicted molar refractivity (Wildman–Crippen MR) is 64.6 cm³/mol. The van der Waals surface area contributed by atoms with Gasteiger partial charge in [-0.3, -0.25) is 0 Å². The maximum Gasteiger partial charge on any atom is 0.159 e. The third kappa shape index (κ3) is 2.70. The summed E-state index contributed by atoms with van der Waals surface area (Å²) in [7, 11) is 0. The van der Waals surface area contributed by atoms with Crippen molar-refractivity contribution in [1.29, 1.82) is 0 Å². The summed E-state index contributed by atoms with van der Waals surface area (Å²) in [4.78, 5) is 0. The summed E-state index contributed by atoms with van der Waals surface area (Å²) in [6.45, 7) is 0. The van der Waals surface area contributed by atoms with Crippen molar-refractivity contribution >= 4 is 15.9 Å². The zero-order valence-electron chi connectivity index (χ0n) is 8.70. The fourth-order valence-corrected chi connectivity index (χ4v) is 1.78. The van der Waals surface area contributed by atoms with Crippen LogP contribution in [0.5, 0.6) is 0 Å². The monoisotopic (exact) mass is 298 g/mol. The van der Waals surface area contributed by atoms with E-state index in [4.69, 9.17) is 0 Å². The molecule has 0 aromatic heterocycles. The van der Waals surface area contributed by atoms with Crippen LogP contribution >= 0.6 is 15.9 Å². The second kappa shape index (κ2) is 4.94. The summed E-state index contributed by atoms with van der Waals surface area (Å²) < 4.78 is 26.7. The highest BCUT2D eigenvalue weighted by atomic mass is 79.9. The number of rotatable bonds is 2. The summed E-state index contributed by atoms with van der Waals surface area (Å²) in [5.41, 5.74) is 0.949. The van der Waals surface area contributed by atoms with E-state index >= 15 is 0 Å². The van der Waals surface area contributed by atoms with E-state index in [-0.39, 0.29) is 0 Å². The van der Waals surface area contributed by atoms with Crippen LogP contribution < -0.4 is 0 Å². The molecule has 0 spiro atoms. The summed E-state index contributed by atoms with van der Waals surface area (Å²) in [6.07, 6.45) is -0.960. The molecule has 0 saturated carbocycles. The highest BCUT2D eigenvalue weighted by Gasteiger charge is 2.12. The first-order chi connectivity index (χ1) is 8.08. The molecule has 2 aromatic rings. The molecule has 0 fully saturated rings. The molecule has 1 atom stereocenters. The fourth-order valence-electron chi connectivity index (χ4n) is 1.52. The number of halogens is 3. The van der Waals surface area contributed by atoms with Crippen LogP contribution in [0.15, 0.2) is 46.9 Å². The first-order valence-corrected chi connectivity index (χ1v) is 5.75. The lowest BCUT2D eigenvalue weighted by atomic mass is 10.0. The highest BCUT2D eigenvalue weighted by Crippen LogP contribution is 2.24. The van der Waals surface area contributed by atoms with Crippen LogP contribution in [0.2, 0.25) is 0 Å². The van der Waals surface area contributed by atoms with Gasteiger partial charge in [-0.2, -0.15) is 0 Å². The Bertz CT molecular complexity index is 525. The van der Waals surface area contributed by atoms with Crippen molar-refractivity contribution < 1.29 is 13.9 Å². The van der Waals surface area contributed by atoms with Crippen molar-refractivity contribution in [3.8, 4) is 0 Å². The highest BCUT2D eigenvalue weighted by molar-refractivity contribution is 9.10. The Balaban J connectivity index is 2.33. The van der Waals surface area contributed by atoms with Gasteiger partial charge in [-0.1, -0.05) is 34.1 Å². The largest absolute Gasteiger partial charge is 0.384 e. The van der Waals surface area contributed by atoms with E-state index in [1.807, 2.05) is 0 Å². The van der Waals surface area contributed by atoms with Crippen molar-refractivity contribution in [2.75, 3.05) is 0 Å². The maximum atomic E-state index is 13.0. The third-order valence-electron chi connectivity index (χ3n) is 2.45. The molecule has 0 aliphatic carbocycles. The number of aliphatic hydroxyl groups is 1. The molecule has 0 aliphatic rings. The van der Waals surface area contributed by atoms with E-state index in [0.29, 0.717) is 11.1 Å². The average Bonchev–Trinajstić information content (AvgIpc) is 2.33. The molecule has 17 heavy (non-hydrogen) atoms. The molecule has 2 aromatic carbocycles. The molecule has 0 amide bonds. The van der Waals surface area contributed by atoms with Crippen LogP contribution in [-0.4, -0.2) is 5.11 Å². The Morgan fingerprint density at radius 1 is 0.882 bits per heavy atom. The Morgan fingerprint density at radius 3 is 2.06 bits per heavy atom. The van der Waals surface area contributed by atoms with Gasteiger partial charge in [-0.05, 0) is 35.4 Å². The van der Waals surface area contributed by atoms with E-state index in [1.165, 1.54) is 6.07 Å². The van der Waals surface area contributed by atoms with E-state index in [0.717, 1.165) is 16.6 Å². The quantitative estimate of drug-likeness (QED) is 0.894. The van der Waals surface area contributed by atoms with Crippen molar-refractivity contribution in [2.45, 2.75) is 6.10 Å². The fraction of sp³-hybridized carbons (Fsp3) is 0.0769. The summed E-state index contributed by atoms with van der Waals surface area (Å²) in [5.74, 6) is -1.88. The van der Waals surface area contributed by atoms with Gasteiger partial charge in [0.05, 0.1) is 0 Å². The predicted octanol–water partition coefficient (Wildman–Crippen LogP) is 3.81. The van der Waals surface area contributed by atoms with Gasteiger partial charge in [-0.25, -0.2) is 8.78 Å². The van der Waals surface area contributed by atoms with Crippen LogP contribution in [0.1, 0.15) is 17.2 Å². The normalized spacial score (nSPS) is 12.5. The molecule has 0 saturated heterocycles. The van der Waals surface area contributed by atoms with Crippen LogP contribution in [0.25, 0.3) is 0 Å². The number of hydrogen-bond acceptors (Lipinski definition) is 1. The molecule has 0 aliphatic heterocycles. The number of benzene rings is 2. The molecule has 88 valence electrons. The standard InChI is InChI=1S/C13H9BrF2O/c14-10-4-1-8(2-5-10)13(17)9-3-6-11(15)12(16)7-9/h1-7,13,17H/t13-/m1/s1. The van der Waals surface area contributed by atoms with E-state index in [1.54, 1.807) is 24.3 Å². The van der Waals surface area contributed by atoms with Crippen molar-refractivity contribution in [3.05, 3.63) is 69.7 Å². The SMILES string of the molecule is O[C@H](c1ccc(Br)cc1)c1ccc(F)c(F)c1. The smallest absolute Gasteiger partial charge is 0.159 e. The van der Waals surface area contributed by atoms with Gasteiger partial charge in [0.2, 0.25) is 0 Å². The van der Waals surface area contributed by atoms with Crippen LogP contribution in [0.4, 0.5) is 8.78 Å². The minimum absolute atomic E-state index is 0.325. The number of aliphatic hydroxyl groups excluding tert-OH is 1. The molecule has 0 heterocycles. The maximum absolute atomic E-state index is 13.0. The lowest BCUT2D eigenvalue weighted by Crippen LogP contribution is -2.00. The van der Waals surface area contributed by atoms with Gasteiger partial charge in [0.15, 0.2) is 11.6 Å². The molecule has 1 nitrogen and oxygen atoms in total. The zero-order chi connectivity index (χ0) is 12.4. The molecular formula is C13H9BrF2O. The van der Waals surface area contributed by atoms with Crippen LogP contribution in [0, 0.1) is 11.6 Å². The molecule has 0 radical (unpaired) electrons. The summed E-state index contributed by atoms with van der Waals surface area (Å²) >= 11 is 3.28. The molecule has 1 N–H and O–H groups in total. The summed E-state index contributed by atoms with van der Waals surface area (Å²) in [6, 6.07) is 10.4. The van der Waals surface area contributed by atoms with Crippen molar-refractivity contribution in [2.24, 2.45) is 0 Å². The second-order valence-electron chi connectivity index (χ2n) is 3.63. The second-order valence-corrected chi connectivity index (χ2v) is 4.54. The lowest BCUT2D eigenvalue weighted by Gasteiger charge is -2.11. The van der Waals surface area contributed by atoms with E-state index in [9.17, 15) is 13.9 Å². The number of hydrogen-bond donors (Lipinski definition) is 1. The lowest BCUT2D eigenvalue weighted by molar-refractivity contribution is 0.219. The first-order valence-electron chi connectivity index (χ1n) is 4.96. The van der Waals surface area contributed by atoms with Crippen molar-refractivity contribution in [1.82, 2.24) is 0 Å². The molecule has 2 rings (SSSR count). The first kappa shape index (κ1) is 12.2. The third-order valence-corrected chi connectivity index (χ3v) is 2.97. The van der Waals surface area contributed by atoms with Gasteiger partial charge in [-0.15, -0.1) is 0 Å². The molecule has 0 unspecified atom stereocenters. The van der Waals surface area contributed by atoms with Gasteiger partial charge in [0, 0.05) is 4.47 Å².